The summed E-state index contributed by atoms with van der Waals surface area (Å²) in [4.78, 5) is 4.18. The van der Waals surface area contributed by atoms with Crippen LogP contribution in [0.25, 0.3) is 0 Å². The van der Waals surface area contributed by atoms with Gasteiger partial charge in [-0.05, 0) is 18.2 Å². The number of nitrogens with two attached hydrogens (primary N) is 1. The lowest BCUT2D eigenvalue weighted by Crippen LogP contribution is -2.24. The second kappa shape index (κ2) is 10.8. The summed E-state index contributed by atoms with van der Waals surface area (Å²) in [7, 11) is 1.64. The molecule has 0 aliphatic heterocycles. The number of hydrogen-bond acceptors (Lipinski definition) is 3. The second-order valence-electron chi connectivity index (χ2n) is 4.79. The second-order valence-corrected chi connectivity index (χ2v) is 4.79. The molecule has 130 valence electrons. The molecule has 5 nitrogen and oxygen atoms in total. The predicted molar refractivity (Wildman–Crippen MR) is 105 cm³/mol. The van der Waals surface area contributed by atoms with Crippen molar-refractivity contribution in [1.29, 1.82) is 0 Å². The Bertz CT molecular complexity index is 668. The van der Waals surface area contributed by atoms with Crippen LogP contribution in [0.3, 0.4) is 0 Å². The quantitative estimate of drug-likeness (QED) is 0.297. The molecule has 24 heavy (non-hydrogen) atoms. The van der Waals surface area contributed by atoms with E-state index in [1.807, 2.05) is 24.3 Å². The Morgan fingerprint density at radius 1 is 1.21 bits per heavy atom. The van der Waals surface area contributed by atoms with E-state index in [-0.39, 0.29) is 35.8 Å². The van der Waals surface area contributed by atoms with Crippen molar-refractivity contribution < 1.29 is 13.9 Å². The Kier molecular flexibility index (Phi) is 9.10. The molecule has 2 aromatic rings. The van der Waals surface area contributed by atoms with Crippen LogP contribution < -0.4 is 15.8 Å². The Labute approximate surface area is 158 Å². The summed E-state index contributed by atoms with van der Waals surface area (Å²) in [5, 5.41) is 3.04. The molecule has 0 fully saturated rings. The first-order chi connectivity index (χ1) is 11.2. The zero-order valence-corrected chi connectivity index (χ0v) is 15.7. The molecule has 0 aromatic heterocycles. The lowest BCUT2D eigenvalue weighted by atomic mass is 10.2. The van der Waals surface area contributed by atoms with Crippen molar-refractivity contribution >= 4 is 35.6 Å². The highest BCUT2D eigenvalue weighted by Gasteiger charge is 2.02. The topological polar surface area (TPSA) is 68.9 Å². The number of nitrogens with one attached hydrogen (secondary N) is 1. The van der Waals surface area contributed by atoms with Gasteiger partial charge >= 0.3 is 0 Å². The van der Waals surface area contributed by atoms with Gasteiger partial charge in [0.1, 0.15) is 18.2 Å². The fourth-order valence-electron chi connectivity index (χ4n) is 1.99. The van der Waals surface area contributed by atoms with Gasteiger partial charge in [0.25, 0.3) is 0 Å². The molecule has 2 rings (SSSR count). The molecule has 0 bridgehead atoms. The number of hydrogen-bond donors (Lipinski definition) is 2. The minimum Gasteiger partial charge on any atom is -0.492 e. The number of aliphatic imine (C=N–C) groups is 1. The molecule has 0 unspecified atom stereocenters. The smallest absolute Gasteiger partial charge is 0.193 e. The summed E-state index contributed by atoms with van der Waals surface area (Å²) in [6.45, 7) is 1.16. The number of methoxy groups -OCH3 is 1. The normalized spacial score (nSPS) is 10.8. The van der Waals surface area contributed by atoms with Crippen LogP contribution in [-0.2, 0) is 11.3 Å². The van der Waals surface area contributed by atoms with Gasteiger partial charge in [0.05, 0.1) is 13.2 Å². The lowest BCUT2D eigenvalue weighted by Gasteiger charge is -2.11. The van der Waals surface area contributed by atoms with Gasteiger partial charge in [0, 0.05) is 24.4 Å². The molecular weight excluding hydrogens is 424 g/mol. The highest BCUT2D eigenvalue weighted by molar-refractivity contribution is 14.0. The Morgan fingerprint density at radius 3 is 2.75 bits per heavy atom. The SMILES string of the molecule is COCc1ccccc1NC(N)=NCCOc1cccc(F)c1.I. The van der Waals surface area contributed by atoms with E-state index in [0.717, 1.165) is 11.3 Å². The van der Waals surface area contributed by atoms with E-state index in [4.69, 9.17) is 15.2 Å². The molecule has 0 aliphatic rings. The van der Waals surface area contributed by atoms with Crippen molar-refractivity contribution in [1.82, 2.24) is 0 Å². The van der Waals surface area contributed by atoms with E-state index in [0.29, 0.717) is 25.5 Å². The molecular formula is C17H21FIN3O2. The van der Waals surface area contributed by atoms with E-state index < -0.39 is 0 Å². The van der Waals surface area contributed by atoms with E-state index >= 15 is 0 Å². The van der Waals surface area contributed by atoms with Crippen LogP contribution in [0.5, 0.6) is 5.75 Å². The highest BCUT2D eigenvalue weighted by atomic mass is 127. The summed E-state index contributed by atoms with van der Waals surface area (Å²) in [5.74, 6) is 0.426. The summed E-state index contributed by atoms with van der Waals surface area (Å²) in [5.41, 5.74) is 7.70. The van der Waals surface area contributed by atoms with Gasteiger partial charge in [-0.15, -0.1) is 24.0 Å². The van der Waals surface area contributed by atoms with Gasteiger partial charge < -0.3 is 20.5 Å². The predicted octanol–water partition coefficient (Wildman–Crippen LogP) is 3.40. The number of nitrogens with zero attached hydrogens (tertiary/aromatic N) is 1. The number of benzene rings is 2. The molecule has 0 atom stereocenters. The monoisotopic (exact) mass is 445 g/mol. The summed E-state index contributed by atoms with van der Waals surface area (Å²) in [6, 6.07) is 13.7. The molecule has 0 heterocycles. The number of para-hydroxylation sites is 1. The molecule has 0 amide bonds. The van der Waals surface area contributed by atoms with Crippen molar-refractivity contribution in [2.45, 2.75) is 6.61 Å². The average molecular weight is 445 g/mol. The average Bonchev–Trinajstić information content (AvgIpc) is 2.54. The molecule has 0 saturated heterocycles. The molecule has 0 saturated carbocycles. The van der Waals surface area contributed by atoms with Crippen LogP contribution in [0.15, 0.2) is 53.5 Å². The maximum atomic E-state index is 13.0. The molecule has 0 aliphatic carbocycles. The minimum absolute atomic E-state index is 0. The Balaban J connectivity index is 0.00000288. The summed E-state index contributed by atoms with van der Waals surface area (Å²) >= 11 is 0. The summed E-state index contributed by atoms with van der Waals surface area (Å²) < 4.78 is 23.5. The summed E-state index contributed by atoms with van der Waals surface area (Å²) in [6.07, 6.45) is 0. The molecule has 2 aromatic carbocycles. The van der Waals surface area contributed by atoms with Crippen molar-refractivity contribution in [3.63, 3.8) is 0 Å². The van der Waals surface area contributed by atoms with Gasteiger partial charge in [0.15, 0.2) is 5.96 Å². The molecule has 0 radical (unpaired) electrons. The zero-order valence-electron chi connectivity index (χ0n) is 13.4. The van der Waals surface area contributed by atoms with E-state index in [9.17, 15) is 4.39 Å². The zero-order chi connectivity index (χ0) is 16.5. The van der Waals surface area contributed by atoms with Gasteiger partial charge in [-0.2, -0.15) is 0 Å². The van der Waals surface area contributed by atoms with Crippen LogP contribution in [0.1, 0.15) is 5.56 Å². The van der Waals surface area contributed by atoms with E-state index in [1.165, 1.54) is 12.1 Å². The highest BCUT2D eigenvalue weighted by Crippen LogP contribution is 2.15. The number of anilines is 1. The largest absolute Gasteiger partial charge is 0.492 e. The third-order valence-corrected chi connectivity index (χ3v) is 3.02. The molecule has 7 heteroatoms. The van der Waals surface area contributed by atoms with Gasteiger partial charge in [-0.25, -0.2) is 9.38 Å². The third kappa shape index (κ3) is 6.71. The molecule has 3 N–H and O–H groups in total. The van der Waals surface area contributed by atoms with Crippen molar-refractivity contribution in [3.05, 3.63) is 59.9 Å². The van der Waals surface area contributed by atoms with Gasteiger partial charge in [-0.3, -0.25) is 0 Å². The first kappa shape index (κ1) is 20.2. The first-order valence-corrected chi connectivity index (χ1v) is 7.21. The fourth-order valence-corrected chi connectivity index (χ4v) is 1.99. The maximum absolute atomic E-state index is 13.0. The van der Waals surface area contributed by atoms with Crippen molar-refractivity contribution in [2.75, 3.05) is 25.6 Å². The van der Waals surface area contributed by atoms with Crippen LogP contribution >= 0.6 is 24.0 Å². The van der Waals surface area contributed by atoms with Crippen molar-refractivity contribution in [2.24, 2.45) is 10.7 Å². The number of guanidine groups is 1. The van der Waals surface area contributed by atoms with Gasteiger partial charge in [0.2, 0.25) is 0 Å². The molecule has 0 spiro atoms. The standard InChI is InChI=1S/C17H20FN3O2.HI/c1-22-12-13-5-2-3-8-16(13)21-17(19)20-9-10-23-15-7-4-6-14(18)11-15;/h2-8,11H,9-10,12H2,1H3,(H3,19,20,21);1H. The van der Waals surface area contributed by atoms with Crippen LogP contribution in [0.4, 0.5) is 10.1 Å². The maximum Gasteiger partial charge on any atom is 0.193 e. The fraction of sp³-hybridized carbons (Fsp3) is 0.235. The third-order valence-electron chi connectivity index (χ3n) is 3.02. The Morgan fingerprint density at radius 2 is 2.00 bits per heavy atom. The van der Waals surface area contributed by atoms with Gasteiger partial charge in [-0.1, -0.05) is 24.3 Å². The lowest BCUT2D eigenvalue weighted by molar-refractivity contribution is 0.185. The number of ether oxygens (including phenoxy) is 2. The first-order valence-electron chi connectivity index (χ1n) is 7.21. The number of halogens is 2. The minimum atomic E-state index is -0.332. The van der Waals surface area contributed by atoms with Crippen LogP contribution in [0, 0.1) is 5.82 Å². The van der Waals surface area contributed by atoms with E-state index in [1.54, 1.807) is 19.2 Å². The van der Waals surface area contributed by atoms with Crippen LogP contribution in [0.2, 0.25) is 0 Å². The number of rotatable bonds is 7. The Hall–Kier alpha value is -1.87. The van der Waals surface area contributed by atoms with E-state index in [2.05, 4.69) is 10.3 Å². The van der Waals surface area contributed by atoms with Crippen molar-refractivity contribution in [3.8, 4) is 5.75 Å². The van der Waals surface area contributed by atoms with Crippen LogP contribution in [-0.4, -0.2) is 26.2 Å².